The first-order valence-electron chi connectivity index (χ1n) is 14.2. The molecule has 0 N–H and O–H groups in total. The van der Waals surface area contributed by atoms with Gasteiger partial charge >= 0.3 is 0 Å². The zero-order valence-corrected chi connectivity index (χ0v) is 23.8. The normalized spacial score (nSPS) is 22.0. The number of fused-ring (bicyclic) bond motifs is 5. The first kappa shape index (κ1) is 26.6. The van der Waals surface area contributed by atoms with Gasteiger partial charge in [0, 0.05) is 11.8 Å². The van der Waals surface area contributed by atoms with E-state index < -0.39 is 11.8 Å². The highest BCUT2D eigenvalue weighted by Gasteiger charge is 2.62. The molecule has 7 nitrogen and oxygen atoms in total. The number of rotatable bonds is 7. The van der Waals surface area contributed by atoms with Crippen LogP contribution >= 0.6 is 0 Å². The Hall–Kier alpha value is -5.30. The van der Waals surface area contributed by atoms with Gasteiger partial charge in [0.2, 0.25) is 11.8 Å². The molecule has 0 radical (unpaired) electrons. The van der Waals surface area contributed by atoms with Crippen molar-refractivity contribution in [1.29, 1.82) is 0 Å². The molecule has 1 heterocycles. The molecule has 0 unspecified atom stereocenters. The second kappa shape index (κ2) is 10.8. The Balaban J connectivity index is 1.22. The first-order valence-corrected chi connectivity index (χ1v) is 14.2. The van der Waals surface area contributed by atoms with Gasteiger partial charge in [0.05, 0.1) is 43.1 Å². The number of methoxy groups -OCH3 is 2. The average molecular weight is 568 g/mol. The fourth-order valence-corrected chi connectivity index (χ4v) is 6.64. The molecule has 1 saturated heterocycles. The third kappa shape index (κ3) is 4.54. The van der Waals surface area contributed by atoms with Crippen LogP contribution in [0.4, 0.5) is 17.1 Å². The molecule has 0 aromatic heterocycles. The Morgan fingerprint density at radius 3 is 1.53 bits per heavy atom. The van der Waals surface area contributed by atoms with E-state index in [1.807, 2.05) is 78.9 Å². The van der Waals surface area contributed by atoms with Gasteiger partial charge in [0.15, 0.2) is 0 Å². The highest BCUT2D eigenvalue weighted by Crippen LogP contribution is 2.59. The maximum absolute atomic E-state index is 14.0. The van der Waals surface area contributed by atoms with Gasteiger partial charge in [-0.1, -0.05) is 54.6 Å². The minimum absolute atomic E-state index is 0.160. The van der Waals surface area contributed by atoms with E-state index in [9.17, 15) is 9.59 Å². The standard InChI is InChI=1S/C36H29N3O4/c1-42-27-16-8-22(9-17-27)31(23-10-18-28(43-2)19-11-23)32-29-20-21-30(32)34-33(29)35(40)39(36(34)41)26-14-12-25(13-15-26)38-37-24-6-4-3-5-7-24/h3-21,29-30,33-34H,1-2H3/t29-,30-,33-,34-/m1/s1. The van der Waals surface area contributed by atoms with Crippen LogP contribution in [0.3, 0.4) is 0 Å². The molecule has 1 aliphatic heterocycles. The van der Waals surface area contributed by atoms with Crippen molar-refractivity contribution in [3.05, 3.63) is 132 Å². The number of hydrogen-bond donors (Lipinski definition) is 0. The summed E-state index contributed by atoms with van der Waals surface area (Å²) in [6.07, 6.45) is 4.21. The van der Waals surface area contributed by atoms with E-state index in [0.29, 0.717) is 11.4 Å². The number of ether oxygens (including phenoxy) is 2. The van der Waals surface area contributed by atoms with Crippen LogP contribution in [0.15, 0.2) is 131 Å². The maximum Gasteiger partial charge on any atom is 0.238 e. The van der Waals surface area contributed by atoms with Crippen molar-refractivity contribution in [2.75, 3.05) is 19.1 Å². The molecule has 2 bridgehead atoms. The van der Waals surface area contributed by atoms with Gasteiger partial charge in [-0.3, -0.25) is 9.59 Å². The number of anilines is 1. The topological polar surface area (TPSA) is 80.6 Å². The second-order valence-corrected chi connectivity index (χ2v) is 10.8. The number of benzene rings is 4. The number of carbonyl (C=O) groups excluding carboxylic acids is 2. The van der Waals surface area contributed by atoms with E-state index in [4.69, 9.17) is 9.47 Å². The summed E-state index contributed by atoms with van der Waals surface area (Å²) < 4.78 is 10.8. The minimum Gasteiger partial charge on any atom is -0.497 e. The molecule has 2 fully saturated rings. The third-order valence-corrected chi connectivity index (χ3v) is 8.61. The first-order chi connectivity index (χ1) is 21.1. The average Bonchev–Trinajstić information content (AvgIpc) is 3.70. The van der Waals surface area contributed by atoms with Gasteiger partial charge in [0.1, 0.15) is 11.5 Å². The number of allylic oxidation sites excluding steroid dienone is 3. The molecule has 0 spiro atoms. The van der Waals surface area contributed by atoms with Gasteiger partial charge in [-0.2, -0.15) is 10.2 Å². The molecule has 43 heavy (non-hydrogen) atoms. The fraction of sp³-hybridized carbons (Fsp3) is 0.167. The molecule has 212 valence electrons. The molecular formula is C36H29N3O4. The summed E-state index contributed by atoms with van der Waals surface area (Å²) in [5.41, 5.74) is 6.12. The lowest BCUT2D eigenvalue weighted by atomic mass is 9.85. The van der Waals surface area contributed by atoms with Crippen LogP contribution in [0.25, 0.3) is 5.57 Å². The fourth-order valence-electron chi connectivity index (χ4n) is 6.64. The number of carbonyl (C=O) groups is 2. The summed E-state index contributed by atoms with van der Waals surface area (Å²) in [5.74, 6) is -0.0210. The van der Waals surface area contributed by atoms with Crippen LogP contribution in [0, 0.1) is 23.7 Å². The van der Waals surface area contributed by atoms with Crippen molar-refractivity contribution < 1.29 is 19.1 Å². The van der Waals surface area contributed by atoms with E-state index in [1.165, 1.54) is 4.90 Å². The molecule has 3 aliphatic rings. The van der Waals surface area contributed by atoms with Crippen LogP contribution in [0.1, 0.15) is 11.1 Å². The van der Waals surface area contributed by atoms with Crippen LogP contribution in [-0.4, -0.2) is 26.0 Å². The van der Waals surface area contributed by atoms with Crippen molar-refractivity contribution in [2.45, 2.75) is 0 Å². The molecule has 2 amide bonds. The molecule has 7 rings (SSSR count). The van der Waals surface area contributed by atoms with E-state index in [2.05, 4.69) is 22.4 Å². The quantitative estimate of drug-likeness (QED) is 0.131. The number of hydrogen-bond acceptors (Lipinski definition) is 6. The summed E-state index contributed by atoms with van der Waals surface area (Å²) in [6.45, 7) is 0. The van der Waals surface area contributed by atoms with Gasteiger partial charge in [-0.05, 0) is 82.9 Å². The van der Waals surface area contributed by atoms with Crippen molar-refractivity contribution in [3.63, 3.8) is 0 Å². The van der Waals surface area contributed by atoms with Gasteiger partial charge in [-0.15, -0.1) is 0 Å². The van der Waals surface area contributed by atoms with Crippen molar-refractivity contribution in [2.24, 2.45) is 33.9 Å². The molecule has 4 aromatic rings. The molecule has 4 aromatic carbocycles. The lowest BCUT2D eigenvalue weighted by Gasteiger charge is -2.22. The van der Waals surface area contributed by atoms with E-state index >= 15 is 0 Å². The largest absolute Gasteiger partial charge is 0.497 e. The van der Waals surface area contributed by atoms with E-state index in [1.54, 1.807) is 38.5 Å². The van der Waals surface area contributed by atoms with Crippen LogP contribution in [0.2, 0.25) is 0 Å². The van der Waals surface area contributed by atoms with Crippen LogP contribution in [0.5, 0.6) is 11.5 Å². The van der Waals surface area contributed by atoms with Gasteiger partial charge in [0.25, 0.3) is 0 Å². The molecule has 7 heteroatoms. The summed E-state index contributed by atoms with van der Waals surface area (Å²) in [6, 6.07) is 32.4. The zero-order chi connectivity index (χ0) is 29.5. The monoisotopic (exact) mass is 567 g/mol. The highest BCUT2D eigenvalue weighted by atomic mass is 16.5. The van der Waals surface area contributed by atoms with E-state index in [0.717, 1.165) is 39.5 Å². The Morgan fingerprint density at radius 2 is 1.07 bits per heavy atom. The predicted molar refractivity (Wildman–Crippen MR) is 165 cm³/mol. The molecular weight excluding hydrogens is 538 g/mol. The zero-order valence-electron chi connectivity index (χ0n) is 23.8. The number of imide groups is 1. The molecule has 1 saturated carbocycles. The number of azo groups is 1. The summed E-state index contributed by atoms with van der Waals surface area (Å²) >= 11 is 0. The summed E-state index contributed by atoms with van der Waals surface area (Å²) in [4.78, 5) is 29.3. The van der Waals surface area contributed by atoms with E-state index in [-0.39, 0.29) is 23.7 Å². The Kier molecular flexibility index (Phi) is 6.70. The third-order valence-electron chi connectivity index (χ3n) is 8.61. The Bertz CT molecular complexity index is 1690. The van der Waals surface area contributed by atoms with Crippen molar-refractivity contribution >= 4 is 34.4 Å². The number of nitrogens with zero attached hydrogens (tertiary/aromatic N) is 3. The molecule has 4 atom stereocenters. The highest BCUT2D eigenvalue weighted by molar-refractivity contribution is 6.23. The Morgan fingerprint density at radius 1 is 0.605 bits per heavy atom. The minimum atomic E-state index is -0.443. The maximum atomic E-state index is 14.0. The lowest BCUT2D eigenvalue weighted by molar-refractivity contribution is -0.122. The summed E-state index contributed by atoms with van der Waals surface area (Å²) in [7, 11) is 3.29. The summed E-state index contributed by atoms with van der Waals surface area (Å²) in [5, 5.41) is 8.54. The van der Waals surface area contributed by atoms with Crippen molar-refractivity contribution in [3.8, 4) is 11.5 Å². The number of amides is 2. The lowest BCUT2D eigenvalue weighted by Crippen LogP contribution is -2.33. The molecule has 2 aliphatic carbocycles. The van der Waals surface area contributed by atoms with Crippen LogP contribution < -0.4 is 14.4 Å². The van der Waals surface area contributed by atoms with Crippen molar-refractivity contribution in [1.82, 2.24) is 0 Å². The van der Waals surface area contributed by atoms with Gasteiger partial charge < -0.3 is 9.47 Å². The smallest absolute Gasteiger partial charge is 0.238 e. The van der Waals surface area contributed by atoms with Gasteiger partial charge in [-0.25, -0.2) is 4.90 Å². The predicted octanol–water partition coefficient (Wildman–Crippen LogP) is 7.54. The van der Waals surface area contributed by atoms with Crippen LogP contribution in [-0.2, 0) is 9.59 Å². The Labute approximate surface area is 249 Å². The SMILES string of the molecule is COc1ccc(C(=C2[C@H]3C=C[C@H]2[C@H]2C(=O)N(c4ccc(N=Nc5ccccc5)cc4)C(=O)[C@@H]23)c2ccc(OC)cc2)cc1. The second-order valence-electron chi connectivity index (χ2n) is 10.8.